The van der Waals surface area contributed by atoms with Gasteiger partial charge in [0.1, 0.15) is 24.2 Å². The minimum atomic E-state index is -0.638. The average Bonchev–Trinajstić information content (AvgIpc) is 2.35. The molecule has 0 heterocycles. The van der Waals surface area contributed by atoms with E-state index in [2.05, 4.69) is 0 Å². The highest BCUT2D eigenvalue weighted by atomic mass is 19.1. The van der Waals surface area contributed by atoms with Crippen LogP contribution in [-0.2, 0) is 4.79 Å². The maximum absolute atomic E-state index is 13.2. The summed E-state index contributed by atoms with van der Waals surface area (Å²) in [7, 11) is 0. The van der Waals surface area contributed by atoms with Crippen molar-refractivity contribution in [2.75, 3.05) is 6.61 Å². The first-order valence-electron chi connectivity index (χ1n) is 5.43. The van der Waals surface area contributed by atoms with Crippen LogP contribution in [0.15, 0.2) is 18.2 Å². The molecule has 4 heteroatoms. The van der Waals surface area contributed by atoms with E-state index in [9.17, 15) is 9.18 Å². The molecule has 0 amide bonds. The van der Waals surface area contributed by atoms with Crippen LogP contribution < -0.4 is 4.74 Å². The monoisotopic (exact) mass is 235 g/mol. The third kappa shape index (κ3) is 3.56. The summed E-state index contributed by atoms with van der Waals surface area (Å²) in [5, 5.41) is 8.55. The number of carbonyl (C=O) groups excluding carboxylic acids is 1. The summed E-state index contributed by atoms with van der Waals surface area (Å²) in [6.07, 6.45) is 0.754. The quantitative estimate of drug-likeness (QED) is 0.788. The van der Waals surface area contributed by atoms with Gasteiger partial charge in [0.15, 0.2) is 5.78 Å². The first-order chi connectivity index (χ1) is 8.08. The van der Waals surface area contributed by atoms with Gasteiger partial charge in [0.2, 0.25) is 0 Å². The first-order valence-corrected chi connectivity index (χ1v) is 5.43. The van der Waals surface area contributed by atoms with E-state index in [1.165, 1.54) is 12.1 Å². The van der Waals surface area contributed by atoms with E-state index in [4.69, 9.17) is 10.00 Å². The van der Waals surface area contributed by atoms with Gasteiger partial charge >= 0.3 is 0 Å². The lowest BCUT2D eigenvalue weighted by Gasteiger charge is -2.09. The third-order valence-corrected chi connectivity index (χ3v) is 2.60. The number of ketones is 1. The van der Waals surface area contributed by atoms with E-state index in [1.54, 1.807) is 6.07 Å². The molecule has 0 aromatic heterocycles. The second kappa shape index (κ2) is 6.00. The van der Waals surface area contributed by atoms with Gasteiger partial charge in [-0.05, 0) is 18.6 Å². The molecule has 0 aliphatic rings. The summed E-state index contributed by atoms with van der Waals surface area (Å²) in [5.41, 5.74) is -0.0365. The summed E-state index contributed by atoms with van der Waals surface area (Å²) in [4.78, 5) is 11.5. The number of Topliss-reactive ketones (excluding diaryl/α,β-unsaturated/α-hetero) is 1. The molecule has 1 aromatic carbocycles. The lowest BCUT2D eigenvalue weighted by atomic mass is 10.0. The molecular weight excluding hydrogens is 221 g/mol. The van der Waals surface area contributed by atoms with Crippen molar-refractivity contribution >= 4 is 5.78 Å². The van der Waals surface area contributed by atoms with Gasteiger partial charge in [0.25, 0.3) is 0 Å². The van der Waals surface area contributed by atoms with Gasteiger partial charge in [-0.3, -0.25) is 4.79 Å². The average molecular weight is 235 g/mol. The molecular formula is C13H14FNO2. The fraction of sp³-hybridized carbons (Fsp3) is 0.385. The molecule has 0 radical (unpaired) electrons. The fourth-order valence-electron chi connectivity index (χ4n) is 1.20. The zero-order valence-electron chi connectivity index (χ0n) is 9.87. The Kier molecular flexibility index (Phi) is 4.65. The number of ether oxygens (including phenoxy) is 1. The Morgan fingerprint density at radius 3 is 2.82 bits per heavy atom. The molecule has 17 heavy (non-hydrogen) atoms. The van der Waals surface area contributed by atoms with Gasteiger partial charge in [-0.1, -0.05) is 13.8 Å². The Morgan fingerprint density at radius 2 is 2.29 bits per heavy atom. The number of halogens is 1. The Morgan fingerprint density at radius 1 is 1.59 bits per heavy atom. The molecule has 0 N–H and O–H groups in total. The molecule has 0 saturated heterocycles. The van der Waals surface area contributed by atoms with Gasteiger partial charge in [-0.15, -0.1) is 0 Å². The van der Waals surface area contributed by atoms with Crippen molar-refractivity contribution in [1.82, 2.24) is 0 Å². The highest BCUT2D eigenvalue weighted by Crippen LogP contribution is 2.16. The fourth-order valence-corrected chi connectivity index (χ4v) is 1.20. The maximum Gasteiger partial charge on any atom is 0.172 e. The SMILES string of the molecule is CCC(C)C(=O)COc1ccc(C#N)c(F)c1. The van der Waals surface area contributed by atoms with Gasteiger partial charge in [0.05, 0.1) is 5.56 Å². The van der Waals surface area contributed by atoms with Crippen LogP contribution in [0.5, 0.6) is 5.75 Å². The summed E-state index contributed by atoms with van der Waals surface area (Å²) in [5.74, 6) is -0.449. The minimum Gasteiger partial charge on any atom is -0.486 e. The molecule has 0 aliphatic carbocycles. The number of nitrogens with zero attached hydrogens (tertiary/aromatic N) is 1. The molecule has 0 spiro atoms. The zero-order chi connectivity index (χ0) is 12.8. The van der Waals surface area contributed by atoms with E-state index < -0.39 is 5.82 Å². The van der Waals surface area contributed by atoms with E-state index in [1.807, 2.05) is 13.8 Å². The second-order valence-electron chi connectivity index (χ2n) is 3.82. The number of rotatable bonds is 5. The van der Waals surface area contributed by atoms with Gasteiger partial charge in [-0.25, -0.2) is 4.39 Å². The summed E-state index contributed by atoms with van der Waals surface area (Å²) < 4.78 is 18.4. The molecule has 0 aliphatic heterocycles. The van der Waals surface area contributed by atoms with E-state index in [-0.39, 0.29) is 29.6 Å². The largest absolute Gasteiger partial charge is 0.486 e. The Labute approximate surface area is 99.8 Å². The van der Waals surface area contributed by atoms with Crippen molar-refractivity contribution < 1.29 is 13.9 Å². The summed E-state index contributed by atoms with van der Waals surface area (Å²) in [6, 6.07) is 5.64. The molecule has 0 fully saturated rings. The van der Waals surface area contributed by atoms with Crippen molar-refractivity contribution in [3.05, 3.63) is 29.6 Å². The summed E-state index contributed by atoms with van der Waals surface area (Å²) >= 11 is 0. The number of nitriles is 1. The molecule has 3 nitrogen and oxygen atoms in total. The number of hydrogen-bond donors (Lipinski definition) is 0. The van der Waals surface area contributed by atoms with Crippen LogP contribution in [0.1, 0.15) is 25.8 Å². The Bertz CT molecular complexity index is 451. The van der Waals surface area contributed by atoms with Crippen LogP contribution in [0.2, 0.25) is 0 Å². The third-order valence-electron chi connectivity index (χ3n) is 2.60. The topological polar surface area (TPSA) is 50.1 Å². The van der Waals surface area contributed by atoms with Crippen molar-refractivity contribution in [1.29, 1.82) is 5.26 Å². The number of carbonyl (C=O) groups is 1. The van der Waals surface area contributed by atoms with Crippen LogP contribution in [-0.4, -0.2) is 12.4 Å². The molecule has 0 bridgehead atoms. The van der Waals surface area contributed by atoms with E-state index >= 15 is 0 Å². The number of hydrogen-bond acceptors (Lipinski definition) is 3. The zero-order valence-corrected chi connectivity index (χ0v) is 9.87. The lowest BCUT2D eigenvalue weighted by Crippen LogP contribution is -2.18. The lowest BCUT2D eigenvalue weighted by molar-refractivity contribution is -0.124. The molecule has 1 rings (SSSR count). The van der Waals surface area contributed by atoms with Gasteiger partial charge in [-0.2, -0.15) is 5.26 Å². The molecule has 1 unspecified atom stereocenters. The van der Waals surface area contributed by atoms with Crippen molar-refractivity contribution in [2.45, 2.75) is 20.3 Å². The molecule has 0 saturated carbocycles. The predicted molar refractivity (Wildman–Crippen MR) is 61.1 cm³/mol. The smallest absolute Gasteiger partial charge is 0.172 e. The van der Waals surface area contributed by atoms with E-state index in [0.29, 0.717) is 0 Å². The van der Waals surface area contributed by atoms with Gasteiger partial charge < -0.3 is 4.74 Å². The first kappa shape index (κ1) is 13.2. The summed E-state index contributed by atoms with van der Waals surface area (Å²) in [6.45, 7) is 3.68. The molecule has 1 aromatic rings. The van der Waals surface area contributed by atoms with Crippen molar-refractivity contribution in [2.24, 2.45) is 5.92 Å². The van der Waals surface area contributed by atoms with Crippen LogP contribution in [0.4, 0.5) is 4.39 Å². The van der Waals surface area contributed by atoms with Crippen molar-refractivity contribution in [3.63, 3.8) is 0 Å². The predicted octanol–water partition coefficient (Wildman–Crippen LogP) is 2.69. The van der Waals surface area contributed by atoms with E-state index in [0.717, 1.165) is 12.5 Å². The highest BCUT2D eigenvalue weighted by molar-refractivity contribution is 5.82. The molecule has 1 atom stereocenters. The highest BCUT2D eigenvalue weighted by Gasteiger charge is 2.11. The normalized spacial score (nSPS) is 11.6. The minimum absolute atomic E-state index is 0.0164. The maximum atomic E-state index is 13.2. The standard InChI is InChI=1S/C13H14FNO2/c1-3-9(2)13(16)8-17-11-5-4-10(7-15)12(14)6-11/h4-6,9H,3,8H2,1-2H3. The van der Waals surface area contributed by atoms with Crippen molar-refractivity contribution in [3.8, 4) is 11.8 Å². The second-order valence-corrected chi connectivity index (χ2v) is 3.82. The van der Waals surface area contributed by atoms with Crippen LogP contribution in [0.3, 0.4) is 0 Å². The Hall–Kier alpha value is -1.89. The van der Waals surface area contributed by atoms with Gasteiger partial charge in [0, 0.05) is 12.0 Å². The Balaban J connectivity index is 2.62. The number of benzene rings is 1. The molecule has 90 valence electrons. The van der Waals surface area contributed by atoms with Crippen LogP contribution >= 0.6 is 0 Å². The van der Waals surface area contributed by atoms with Crippen LogP contribution in [0.25, 0.3) is 0 Å². The van der Waals surface area contributed by atoms with Crippen LogP contribution in [0, 0.1) is 23.1 Å².